The normalized spacial score (nSPS) is 22.7. The first kappa shape index (κ1) is 16.9. The van der Waals surface area contributed by atoms with E-state index < -0.39 is 0 Å². The van der Waals surface area contributed by atoms with Crippen LogP contribution in [0.25, 0.3) is 0 Å². The second kappa shape index (κ2) is 7.22. The zero-order chi connectivity index (χ0) is 15.6. The summed E-state index contributed by atoms with van der Waals surface area (Å²) in [5.74, 6) is 0. The van der Waals surface area contributed by atoms with Crippen LogP contribution in [0, 0.1) is 0 Å². The molecule has 2 atom stereocenters. The SMILES string of the molecule is CCc1nn(CC)c(CC(O)C2CN(C)CCN2C)c1Br. The van der Waals surface area contributed by atoms with Crippen molar-refractivity contribution < 1.29 is 5.11 Å². The molecule has 1 fully saturated rings. The highest BCUT2D eigenvalue weighted by atomic mass is 79.9. The molecule has 1 saturated heterocycles. The van der Waals surface area contributed by atoms with Crippen molar-refractivity contribution in [3.8, 4) is 0 Å². The molecule has 1 aromatic rings. The lowest BCUT2D eigenvalue weighted by Gasteiger charge is -2.40. The van der Waals surface area contributed by atoms with Crippen molar-refractivity contribution >= 4 is 15.9 Å². The number of halogens is 1. The summed E-state index contributed by atoms with van der Waals surface area (Å²) in [6, 6.07) is 0.181. The molecule has 2 unspecified atom stereocenters. The maximum atomic E-state index is 10.7. The molecule has 0 spiro atoms. The molecule has 1 aromatic heterocycles. The number of piperazine rings is 1. The zero-order valence-electron chi connectivity index (χ0n) is 13.5. The van der Waals surface area contributed by atoms with Gasteiger partial charge in [0.15, 0.2) is 0 Å². The van der Waals surface area contributed by atoms with Gasteiger partial charge in [0.25, 0.3) is 0 Å². The predicted octanol–water partition coefficient (Wildman–Crippen LogP) is 1.38. The van der Waals surface area contributed by atoms with Crippen molar-refractivity contribution in [2.75, 3.05) is 33.7 Å². The van der Waals surface area contributed by atoms with E-state index in [1.165, 1.54) is 0 Å². The summed E-state index contributed by atoms with van der Waals surface area (Å²) >= 11 is 3.66. The highest BCUT2D eigenvalue weighted by Crippen LogP contribution is 2.25. The fourth-order valence-electron chi connectivity index (χ4n) is 3.01. The Morgan fingerprint density at radius 3 is 2.67 bits per heavy atom. The number of aliphatic hydroxyl groups excluding tert-OH is 1. The molecule has 0 amide bonds. The average molecular weight is 359 g/mol. The third kappa shape index (κ3) is 3.67. The smallest absolute Gasteiger partial charge is 0.0766 e. The molecule has 0 radical (unpaired) electrons. The Labute approximate surface area is 136 Å². The van der Waals surface area contributed by atoms with Gasteiger partial charge < -0.3 is 10.0 Å². The van der Waals surface area contributed by atoms with Crippen molar-refractivity contribution in [2.24, 2.45) is 0 Å². The lowest BCUT2D eigenvalue weighted by atomic mass is 10.0. The van der Waals surface area contributed by atoms with Gasteiger partial charge in [0, 0.05) is 38.6 Å². The van der Waals surface area contributed by atoms with Gasteiger partial charge in [0.1, 0.15) is 0 Å². The largest absolute Gasteiger partial charge is 0.391 e. The van der Waals surface area contributed by atoms with Gasteiger partial charge in [-0.15, -0.1) is 0 Å². The first-order chi connectivity index (χ1) is 9.97. The number of aromatic nitrogens is 2. The molecular formula is C15H27BrN4O. The minimum atomic E-state index is -0.374. The standard InChI is InChI=1S/C15H27BrN4O/c1-5-11-15(16)12(20(6-2)17-11)9-14(21)13-10-18(3)7-8-19(13)4/h13-14,21H,5-10H2,1-4H3. The molecule has 6 heteroatoms. The molecular weight excluding hydrogens is 332 g/mol. The van der Waals surface area contributed by atoms with E-state index in [1.807, 2.05) is 4.68 Å². The molecule has 2 heterocycles. The van der Waals surface area contributed by atoms with E-state index in [0.717, 1.165) is 48.5 Å². The maximum absolute atomic E-state index is 10.7. The first-order valence-electron chi connectivity index (χ1n) is 7.78. The molecule has 5 nitrogen and oxygen atoms in total. The van der Waals surface area contributed by atoms with E-state index in [4.69, 9.17) is 0 Å². The average Bonchev–Trinajstić information content (AvgIpc) is 2.77. The van der Waals surface area contributed by atoms with Gasteiger partial charge in [-0.1, -0.05) is 6.92 Å². The maximum Gasteiger partial charge on any atom is 0.0766 e. The van der Waals surface area contributed by atoms with Gasteiger partial charge in [-0.05, 0) is 43.4 Å². The molecule has 1 N–H and O–H groups in total. The summed E-state index contributed by atoms with van der Waals surface area (Å²) in [6.07, 6.45) is 1.17. The van der Waals surface area contributed by atoms with Crippen LogP contribution in [0.15, 0.2) is 4.47 Å². The molecule has 21 heavy (non-hydrogen) atoms. The number of aliphatic hydroxyl groups is 1. The Bertz CT molecular complexity index is 476. The minimum Gasteiger partial charge on any atom is -0.391 e. The summed E-state index contributed by atoms with van der Waals surface area (Å²) in [7, 11) is 4.22. The van der Waals surface area contributed by atoms with Crippen molar-refractivity contribution in [3.63, 3.8) is 0 Å². The Balaban J connectivity index is 2.15. The van der Waals surface area contributed by atoms with Crippen LogP contribution in [0.1, 0.15) is 25.2 Å². The van der Waals surface area contributed by atoms with Crippen LogP contribution in [0.2, 0.25) is 0 Å². The highest BCUT2D eigenvalue weighted by Gasteiger charge is 2.30. The van der Waals surface area contributed by atoms with Gasteiger partial charge in [0.05, 0.1) is 22.0 Å². The van der Waals surface area contributed by atoms with E-state index in [-0.39, 0.29) is 12.1 Å². The van der Waals surface area contributed by atoms with Crippen LogP contribution in [-0.2, 0) is 19.4 Å². The summed E-state index contributed by atoms with van der Waals surface area (Å²) < 4.78 is 3.08. The van der Waals surface area contributed by atoms with Crippen molar-refractivity contribution in [1.82, 2.24) is 19.6 Å². The van der Waals surface area contributed by atoms with E-state index in [0.29, 0.717) is 6.42 Å². The van der Waals surface area contributed by atoms with Gasteiger partial charge >= 0.3 is 0 Å². The number of nitrogens with zero attached hydrogens (tertiary/aromatic N) is 4. The Morgan fingerprint density at radius 1 is 1.33 bits per heavy atom. The van der Waals surface area contributed by atoms with Crippen LogP contribution in [0.5, 0.6) is 0 Å². The van der Waals surface area contributed by atoms with Gasteiger partial charge in [-0.3, -0.25) is 9.58 Å². The molecule has 1 aliphatic heterocycles. The number of aryl methyl sites for hydroxylation is 2. The monoisotopic (exact) mass is 358 g/mol. The van der Waals surface area contributed by atoms with Crippen molar-refractivity contribution in [2.45, 2.75) is 45.4 Å². The van der Waals surface area contributed by atoms with Gasteiger partial charge in [-0.25, -0.2) is 0 Å². The first-order valence-corrected chi connectivity index (χ1v) is 8.58. The second-order valence-electron chi connectivity index (χ2n) is 5.96. The lowest BCUT2D eigenvalue weighted by Crippen LogP contribution is -2.55. The summed E-state index contributed by atoms with van der Waals surface area (Å²) in [4.78, 5) is 4.56. The summed E-state index contributed by atoms with van der Waals surface area (Å²) in [5.41, 5.74) is 2.19. The van der Waals surface area contributed by atoms with Gasteiger partial charge in [-0.2, -0.15) is 5.10 Å². The molecule has 0 aromatic carbocycles. The molecule has 0 saturated carbocycles. The van der Waals surface area contributed by atoms with Crippen LogP contribution in [0.4, 0.5) is 0 Å². The fraction of sp³-hybridized carbons (Fsp3) is 0.800. The number of rotatable bonds is 5. The van der Waals surface area contributed by atoms with Gasteiger partial charge in [0.2, 0.25) is 0 Å². The molecule has 2 rings (SSSR count). The highest BCUT2D eigenvalue weighted by molar-refractivity contribution is 9.10. The summed E-state index contributed by atoms with van der Waals surface area (Å²) in [6.45, 7) is 8.02. The molecule has 120 valence electrons. The molecule has 0 aliphatic carbocycles. The van der Waals surface area contributed by atoms with Crippen molar-refractivity contribution in [3.05, 3.63) is 15.9 Å². The number of hydrogen-bond donors (Lipinski definition) is 1. The zero-order valence-corrected chi connectivity index (χ0v) is 15.1. The Hall–Kier alpha value is -0.430. The van der Waals surface area contributed by atoms with E-state index >= 15 is 0 Å². The van der Waals surface area contributed by atoms with Crippen LogP contribution < -0.4 is 0 Å². The predicted molar refractivity (Wildman–Crippen MR) is 88.6 cm³/mol. The topological polar surface area (TPSA) is 44.5 Å². The summed E-state index contributed by atoms with van der Waals surface area (Å²) in [5, 5.41) is 15.3. The fourth-order valence-corrected chi connectivity index (χ4v) is 3.73. The van der Waals surface area contributed by atoms with Crippen LogP contribution in [-0.4, -0.2) is 70.6 Å². The second-order valence-corrected chi connectivity index (χ2v) is 6.75. The number of likely N-dealkylation sites (N-methyl/N-ethyl adjacent to an activating group) is 2. The molecule has 0 bridgehead atoms. The number of hydrogen-bond acceptors (Lipinski definition) is 4. The van der Waals surface area contributed by atoms with Crippen molar-refractivity contribution in [1.29, 1.82) is 0 Å². The quantitative estimate of drug-likeness (QED) is 0.863. The Morgan fingerprint density at radius 2 is 2.05 bits per heavy atom. The third-order valence-electron chi connectivity index (χ3n) is 4.44. The minimum absolute atomic E-state index is 0.181. The van der Waals surface area contributed by atoms with Crippen LogP contribution in [0.3, 0.4) is 0 Å². The van der Waals surface area contributed by atoms with Crippen LogP contribution >= 0.6 is 15.9 Å². The lowest BCUT2D eigenvalue weighted by molar-refractivity contribution is 0.0143. The Kier molecular flexibility index (Phi) is 5.82. The van der Waals surface area contributed by atoms with E-state index in [1.54, 1.807) is 0 Å². The third-order valence-corrected chi connectivity index (χ3v) is 5.36. The van der Waals surface area contributed by atoms with E-state index in [2.05, 4.69) is 58.8 Å². The molecule has 1 aliphatic rings. The van der Waals surface area contributed by atoms with E-state index in [9.17, 15) is 5.11 Å².